The van der Waals surface area contributed by atoms with Crippen molar-refractivity contribution in [2.75, 3.05) is 20.6 Å². The van der Waals surface area contributed by atoms with Crippen LogP contribution in [-0.2, 0) is 23.9 Å². The number of carbonyl (C=O) groups is 3. The van der Waals surface area contributed by atoms with Gasteiger partial charge in [0.2, 0.25) is 0 Å². The number of carbonyl (C=O) groups excluding carboxylic acids is 1. The molecule has 0 bridgehead atoms. The summed E-state index contributed by atoms with van der Waals surface area (Å²) in [5.41, 5.74) is 0.466. The van der Waals surface area contributed by atoms with Crippen molar-refractivity contribution in [3.05, 3.63) is 12.2 Å². The monoisotopic (exact) mass is 423 g/mol. The van der Waals surface area contributed by atoms with Crippen molar-refractivity contribution >= 4 is 17.9 Å². The third-order valence-electron chi connectivity index (χ3n) is 7.24. The van der Waals surface area contributed by atoms with Gasteiger partial charge in [0.05, 0.1) is 11.5 Å². The second-order valence-corrected chi connectivity index (χ2v) is 9.93. The fourth-order valence-electron chi connectivity index (χ4n) is 5.20. The molecule has 2 heterocycles. The van der Waals surface area contributed by atoms with Crippen LogP contribution in [0.5, 0.6) is 0 Å². The van der Waals surface area contributed by atoms with Crippen LogP contribution in [-0.4, -0.2) is 71.5 Å². The number of fused-ring (bicyclic) bond motifs is 4. The maximum absolute atomic E-state index is 12.4. The zero-order chi connectivity index (χ0) is 22.3. The maximum atomic E-state index is 12.4. The standard InChI is InChI=1S/C18H29NO3.C4H4O4/c1-17-7-6-12-13(10-19(3)4)16(20)21-14(12)15-18(2,22-15)8-5-11(17)9-17;5-3(6)1-2-4(7)8/h11-15H,5-10H2,1-4H3;1-2H,(H,5,6)(H,7,8)/b;2-1+/t11?,12-,13?,14-,15-,17-,18+;/m0./s1. The molecule has 0 amide bonds. The number of nitrogens with zero attached hydrogens (tertiary/aromatic N) is 1. The highest BCUT2D eigenvalue weighted by Gasteiger charge is 2.64. The van der Waals surface area contributed by atoms with Gasteiger partial charge in [0, 0.05) is 24.6 Å². The van der Waals surface area contributed by atoms with Crippen molar-refractivity contribution < 1.29 is 34.1 Å². The number of carboxylic acid groups (broad SMARTS) is 2. The van der Waals surface area contributed by atoms with Gasteiger partial charge >= 0.3 is 17.9 Å². The van der Waals surface area contributed by atoms with Gasteiger partial charge in [-0.1, -0.05) is 6.92 Å². The Balaban J connectivity index is 0.000000275. The van der Waals surface area contributed by atoms with Crippen LogP contribution in [0.3, 0.4) is 0 Å². The molecule has 7 atom stereocenters. The van der Waals surface area contributed by atoms with E-state index in [0.29, 0.717) is 23.5 Å². The number of ether oxygens (including phenoxy) is 2. The van der Waals surface area contributed by atoms with Crippen molar-refractivity contribution in [3.63, 3.8) is 0 Å². The first-order valence-corrected chi connectivity index (χ1v) is 10.6. The van der Waals surface area contributed by atoms with Crippen molar-refractivity contribution in [2.24, 2.45) is 23.2 Å². The van der Waals surface area contributed by atoms with Crippen LogP contribution in [0.1, 0.15) is 46.0 Å². The zero-order valence-corrected chi connectivity index (χ0v) is 18.2. The summed E-state index contributed by atoms with van der Waals surface area (Å²) in [7, 11) is 4.08. The SMILES string of the molecule is CN(C)CC1C(=O)O[C@H]2[C@H]1CC[C@@]1(C)CC1CC[C@@]1(C)O[C@@H]21.O=C(O)/C=C/C(=O)O. The van der Waals surface area contributed by atoms with E-state index < -0.39 is 11.9 Å². The van der Waals surface area contributed by atoms with E-state index >= 15 is 0 Å². The normalized spacial score (nSPS) is 41.6. The van der Waals surface area contributed by atoms with E-state index in [1.165, 1.54) is 19.3 Å². The number of carboxylic acids is 2. The van der Waals surface area contributed by atoms with Gasteiger partial charge in [-0.05, 0) is 64.5 Å². The molecule has 4 rings (SSSR count). The van der Waals surface area contributed by atoms with Crippen molar-refractivity contribution in [3.8, 4) is 0 Å². The minimum atomic E-state index is -1.26. The van der Waals surface area contributed by atoms with E-state index in [1.807, 2.05) is 14.1 Å². The van der Waals surface area contributed by atoms with Crippen LogP contribution >= 0.6 is 0 Å². The third-order valence-corrected chi connectivity index (χ3v) is 7.24. The average molecular weight is 424 g/mol. The van der Waals surface area contributed by atoms with Crippen molar-refractivity contribution in [2.45, 2.75) is 63.8 Å². The minimum absolute atomic E-state index is 0.00158. The van der Waals surface area contributed by atoms with Gasteiger partial charge in [-0.2, -0.15) is 0 Å². The zero-order valence-electron chi connectivity index (χ0n) is 18.2. The van der Waals surface area contributed by atoms with Crippen LogP contribution < -0.4 is 0 Å². The van der Waals surface area contributed by atoms with Gasteiger partial charge in [0.15, 0.2) is 0 Å². The highest BCUT2D eigenvalue weighted by atomic mass is 16.6. The molecule has 2 aliphatic heterocycles. The van der Waals surface area contributed by atoms with Gasteiger partial charge in [-0.15, -0.1) is 0 Å². The summed E-state index contributed by atoms with van der Waals surface area (Å²) in [5, 5.41) is 15.6. The number of rotatable bonds is 4. The van der Waals surface area contributed by atoms with E-state index in [2.05, 4.69) is 18.7 Å². The highest BCUT2D eigenvalue weighted by molar-refractivity contribution is 5.89. The first-order valence-electron chi connectivity index (χ1n) is 10.6. The molecule has 2 saturated heterocycles. The highest BCUT2D eigenvalue weighted by Crippen LogP contribution is 2.62. The summed E-state index contributed by atoms with van der Waals surface area (Å²) in [6.07, 6.45) is 7.34. The molecular formula is C22H33NO7. The molecule has 0 aromatic rings. The molecule has 8 nitrogen and oxygen atoms in total. The number of hydrogen-bond donors (Lipinski definition) is 2. The second-order valence-electron chi connectivity index (χ2n) is 9.93. The molecule has 0 aromatic heterocycles. The predicted octanol–water partition coefficient (Wildman–Crippen LogP) is 2.18. The number of esters is 1. The fraction of sp³-hybridized carbons (Fsp3) is 0.773. The number of aliphatic carboxylic acids is 2. The Bertz CT molecular complexity index is 719. The van der Waals surface area contributed by atoms with Crippen LogP contribution in [0.4, 0.5) is 0 Å². The molecule has 2 N–H and O–H groups in total. The van der Waals surface area contributed by atoms with E-state index in [4.69, 9.17) is 19.7 Å². The van der Waals surface area contributed by atoms with E-state index in [-0.39, 0.29) is 29.7 Å². The van der Waals surface area contributed by atoms with E-state index in [0.717, 1.165) is 25.3 Å². The first kappa shape index (κ1) is 22.7. The molecule has 4 fully saturated rings. The molecule has 0 aromatic carbocycles. The molecule has 8 heteroatoms. The summed E-state index contributed by atoms with van der Waals surface area (Å²) in [6.45, 7) is 5.44. The summed E-state index contributed by atoms with van der Waals surface area (Å²) >= 11 is 0. The Morgan fingerprint density at radius 3 is 2.33 bits per heavy atom. The summed E-state index contributed by atoms with van der Waals surface area (Å²) in [4.78, 5) is 33.6. The van der Waals surface area contributed by atoms with Crippen molar-refractivity contribution in [1.82, 2.24) is 4.90 Å². The lowest BCUT2D eigenvalue weighted by atomic mass is 9.78. The largest absolute Gasteiger partial charge is 0.478 e. The lowest BCUT2D eigenvalue weighted by Crippen LogP contribution is -2.34. The molecule has 2 aliphatic carbocycles. The number of epoxide rings is 1. The Morgan fingerprint density at radius 1 is 1.13 bits per heavy atom. The van der Waals surface area contributed by atoms with Crippen molar-refractivity contribution in [1.29, 1.82) is 0 Å². The summed E-state index contributed by atoms with van der Waals surface area (Å²) < 4.78 is 11.9. The van der Waals surface area contributed by atoms with Crippen LogP contribution in [0.2, 0.25) is 0 Å². The Labute approximate surface area is 177 Å². The first-order chi connectivity index (χ1) is 13.9. The lowest BCUT2D eigenvalue weighted by Gasteiger charge is -2.25. The van der Waals surface area contributed by atoms with E-state index in [1.54, 1.807) is 0 Å². The van der Waals surface area contributed by atoms with Gasteiger partial charge in [0.1, 0.15) is 12.2 Å². The maximum Gasteiger partial charge on any atom is 0.328 e. The smallest absolute Gasteiger partial charge is 0.328 e. The summed E-state index contributed by atoms with van der Waals surface area (Å²) in [6, 6.07) is 0. The van der Waals surface area contributed by atoms with Gasteiger partial charge in [-0.3, -0.25) is 4.79 Å². The Kier molecular flexibility index (Phi) is 6.30. The third kappa shape index (κ3) is 5.03. The molecule has 2 unspecified atom stereocenters. The fourth-order valence-corrected chi connectivity index (χ4v) is 5.20. The van der Waals surface area contributed by atoms with E-state index in [9.17, 15) is 14.4 Å². The minimum Gasteiger partial charge on any atom is -0.478 e. The van der Waals surface area contributed by atoms with Crippen LogP contribution in [0.25, 0.3) is 0 Å². The number of hydrogen-bond acceptors (Lipinski definition) is 6. The molecule has 2 saturated carbocycles. The molecular weight excluding hydrogens is 390 g/mol. The topological polar surface area (TPSA) is 117 Å². The summed E-state index contributed by atoms with van der Waals surface area (Å²) in [5.74, 6) is -1.29. The molecule has 0 spiro atoms. The molecule has 4 aliphatic rings. The van der Waals surface area contributed by atoms with Crippen LogP contribution in [0.15, 0.2) is 12.2 Å². The second kappa shape index (κ2) is 8.30. The molecule has 30 heavy (non-hydrogen) atoms. The van der Waals surface area contributed by atoms with Gasteiger partial charge in [0.25, 0.3) is 0 Å². The Morgan fingerprint density at radius 2 is 1.77 bits per heavy atom. The predicted molar refractivity (Wildman–Crippen MR) is 108 cm³/mol. The lowest BCUT2D eigenvalue weighted by molar-refractivity contribution is -0.145. The average Bonchev–Trinajstić information content (AvgIpc) is 3.47. The van der Waals surface area contributed by atoms with Gasteiger partial charge in [-0.25, -0.2) is 9.59 Å². The molecule has 168 valence electrons. The van der Waals surface area contributed by atoms with Gasteiger partial charge < -0.3 is 24.6 Å². The Hall–Kier alpha value is -1.93. The molecule has 0 radical (unpaired) electrons. The quantitative estimate of drug-likeness (QED) is 0.401. The van der Waals surface area contributed by atoms with Crippen LogP contribution in [0, 0.1) is 23.2 Å².